The van der Waals surface area contributed by atoms with E-state index in [0.29, 0.717) is 59.8 Å². The fourth-order valence-electron chi connectivity index (χ4n) is 15.4. The average molecular weight is 1130 g/mol. The zero-order valence-corrected chi connectivity index (χ0v) is 51.2. The SMILES string of the molecule is CNC(=O)CCC(=O)O[C@@H]1C[C@@H](COC(c2ccccc2)(c2ccc(OC)cc2)c2ccc(OC)cc2)N(C(=O)CCCCCNC(=O)CCSS[C@H]2CC[C@@]3(C)C(=CCC4C3CC[C@@]3(C)C4CC[C@@H]3[C@H](C)CCCC(C)C)C2)C1. The third kappa shape index (κ3) is 14.6. The van der Waals surface area contributed by atoms with Crippen molar-refractivity contribution >= 4 is 45.3 Å². The van der Waals surface area contributed by atoms with Crippen LogP contribution in [0.3, 0.4) is 0 Å². The van der Waals surface area contributed by atoms with Gasteiger partial charge in [0.2, 0.25) is 17.7 Å². The number of likely N-dealkylation sites (tertiary alicyclic amines) is 1. The Morgan fingerprint density at radius 2 is 1.45 bits per heavy atom. The minimum atomic E-state index is -1.10. The molecule has 10 atom stereocenters. The van der Waals surface area contributed by atoms with E-state index in [2.05, 4.69) is 51.3 Å². The highest BCUT2D eigenvalue weighted by molar-refractivity contribution is 8.76. The summed E-state index contributed by atoms with van der Waals surface area (Å²) in [6.45, 7) is 13.6. The minimum Gasteiger partial charge on any atom is -0.497 e. The molecule has 5 aliphatic rings. The molecule has 4 fully saturated rings. The van der Waals surface area contributed by atoms with Gasteiger partial charge in [0, 0.05) is 50.3 Å². The molecule has 11 nitrogen and oxygen atoms in total. The lowest BCUT2D eigenvalue weighted by Crippen LogP contribution is -2.50. The van der Waals surface area contributed by atoms with E-state index in [1.807, 2.05) is 105 Å². The number of carbonyl (C=O) groups excluding carboxylic acids is 4. The number of rotatable bonds is 28. The van der Waals surface area contributed by atoms with Crippen molar-refractivity contribution in [2.75, 3.05) is 46.7 Å². The first kappa shape index (κ1) is 61.6. The van der Waals surface area contributed by atoms with Gasteiger partial charge in [-0.3, -0.25) is 19.2 Å². The standard InChI is InChI=1S/C67H95N3O8S2/c1-46(2)16-15-17-47(3)58-31-32-59-57-30-25-51-42-56(35-38-65(51,4)60(57)36-39-66(58,59)5)80-79-41-37-62(72)69-40-14-10-13-20-63(73)70-44-55(78-64(74)34-33-61(71)68-6)43-52(70)45-77-67(48-18-11-9-12-19-48,49-21-26-53(75-7)27-22-49)50-23-28-54(76-8)29-24-50/h9,11-12,18-19,21-29,46-47,52,55-60H,10,13-17,20,30-45H2,1-8H3,(H,68,71)(H,69,72)/t47-,52+,55-,56+,57?,58-,59?,60?,65+,66-/m1/s1. The summed E-state index contributed by atoms with van der Waals surface area (Å²) in [4.78, 5) is 54.0. The van der Waals surface area contributed by atoms with Crippen LogP contribution in [0.4, 0.5) is 0 Å². The van der Waals surface area contributed by atoms with E-state index in [9.17, 15) is 19.2 Å². The Morgan fingerprint density at radius 3 is 2.12 bits per heavy atom. The van der Waals surface area contributed by atoms with Crippen LogP contribution in [-0.4, -0.2) is 92.7 Å². The highest BCUT2D eigenvalue weighted by atomic mass is 33.1. The number of hydrogen-bond acceptors (Lipinski definition) is 10. The number of esters is 1. The molecular formula is C67H95N3O8S2. The molecule has 0 aromatic heterocycles. The second-order valence-corrected chi connectivity index (χ2v) is 27.8. The van der Waals surface area contributed by atoms with Gasteiger partial charge in [0.05, 0.1) is 39.8 Å². The molecule has 4 aliphatic carbocycles. The second-order valence-electron chi connectivity index (χ2n) is 25.0. The molecule has 80 heavy (non-hydrogen) atoms. The number of allylic oxidation sites excluding steroid dienone is 2. The van der Waals surface area contributed by atoms with Crippen LogP contribution in [-0.2, 0) is 34.3 Å². The van der Waals surface area contributed by atoms with Gasteiger partial charge in [0.15, 0.2) is 0 Å². The molecule has 3 amide bonds. The van der Waals surface area contributed by atoms with Crippen LogP contribution < -0.4 is 20.1 Å². The van der Waals surface area contributed by atoms with Gasteiger partial charge >= 0.3 is 5.97 Å². The normalized spacial score (nSPS) is 26.6. The van der Waals surface area contributed by atoms with Gasteiger partial charge < -0.3 is 34.5 Å². The zero-order valence-electron chi connectivity index (χ0n) is 49.6. The third-order valence-electron chi connectivity index (χ3n) is 19.8. The topological polar surface area (TPSA) is 132 Å². The van der Waals surface area contributed by atoms with E-state index in [-0.39, 0.29) is 43.7 Å². The molecule has 0 bridgehead atoms. The van der Waals surface area contributed by atoms with E-state index in [1.165, 1.54) is 77.7 Å². The summed E-state index contributed by atoms with van der Waals surface area (Å²) < 4.78 is 24.3. The number of methoxy groups -OCH3 is 2. The van der Waals surface area contributed by atoms with Crippen LogP contribution >= 0.6 is 21.6 Å². The Hall–Kier alpha value is -4.46. The summed E-state index contributed by atoms with van der Waals surface area (Å²) in [5.74, 6) is 6.70. The summed E-state index contributed by atoms with van der Waals surface area (Å²) in [6.07, 6.45) is 20.5. The van der Waals surface area contributed by atoms with Crippen LogP contribution in [0.15, 0.2) is 90.5 Å². The first-order valence-corrected chi connectivity index (χ1v) is 32.9. The van der Waals surface area contributed by atoms with Crippen LogP contribution in [0.2, 0.25) is 0 Å². The fourth-order valence-corrected chi connectivity index (χ4v) is 18.0. The number of carbonyl (C=O) groups is 4. The number of amides is 3. The van der Waals surface area contributed by atoms with Gasteiger partial charge in [0.1, 0.15) is 23.2 Å². The van der Waals surface area contributed by atoms with Crippen molar-refractivity contribution in [3.8, 4) is 11.5 Å². The smallest absolute Gasteiger partial charge is 0.306 e. The van der Waals surface area contributed by atoms with Crippen molar-refractivity contribution in [1.82, 2.24) is 15.5 Å². The second kappa shape index (κ2) is 28.7. The molecule has 438 valence electrons. The molecule has 1 saturated heterocycles. The number of nitrogens with zero attached hydrogens (tertiary/aromatic N) is 1. The van der Waals surface area contributed by atoms with E-state index in [1.54, 1.807) is 19.8 Å². The molecule has 3 saturated carbocycles. The minimum absolute atomic E-state index is 0.0252. The zero-order chi connectivity index (χ0) is 56.9. The summed E-state index contributed by atoms with van der Waals surface area (Å²) in [5, 5.41) is 6.31. The van der Waals surface area contributed by atoms with Crippen molar-refractivity contribution in [3.63, 3.8) is 0 Å². The predicted molar refractivity (Wildman–Crippen MR) is 325 cm³/mol. The number of ether oxygens (including phenoxy) is 4. The first-order chi connectivity index (χ1) is 38.6. The maximum Gasteiger partial charge on any atom is 0.306 e. The largest absolute Gasteiger partial charge is 0.497 e. The van der Waals surface area contributed by atoms with E-state index in [0.717, 1.165) is 70.8 Å². The number of fused-ring (bicyclic) bond motifs is 5. The Kier molecular flexibility index (Phi) is 22.1. The Bertz CT molecular complexity index is 2480. The maximum absolute atomic E-state index is 14.2. The lowest BCUT2D eigenvalue weighted by atomic mass is 9.47. The summed E-state index contributed by atoms with van der Waals surface area (Å²) in [7, 11) is 8.70. The lowest BCUT2D eigenvalue weighted by Gasteiger charge is -2.58. The summed E-state index contributed by atoms with van der Waals surface area (Å²) >= 11 is 0. The van der Waals surface area contributed by atoms with Gasteiger partial charge in [-0.1, -0.05) is 148 Å². The Balaban J connectivity index is 0.796. The van der Waals surface area contributed by atoms with Crippen LogP contribution in [0.1, 0.15) is 173 Å². The number of benzene rings is 3. The molecule has 3 aromatic rings. The van der Waals surface area contributed by atoms with E-state index in [4.69, 9.17) is 18.9 Å². The monoisotopic (exact) mass is 1130 g/mol. The lowest BCUT2D eigenvalue weighted by molar-refractivity contribution is -0.150. The molecule has 0 radical (unpaired) electrons. The summed E-state index contributed by atoms with van der Waals surface area (Å²) in [5.41, 5.74) is 4.16. The molecule has 2 N–H and O–H groups in total. The highest BCUT2D eigenvalue weighted by Crippen LogP contribution is 2.68. The van der Waals surface area contributed by atoms with Crippen LogP contribution in [0.5, 0.6) is 11.5 Å². The molecule has 0 spiro atoms. The van der Waals surface area contributed by atoms with Gasteiger partial charge in [0.25, 0.3) is 0 Å². The predicted octanol–water partition coefficient (Wildman–Crippen LogP) is 13.9. The molecule has 1 heterocycles. The Labute approximate surface area is 487 Å². The van der Waals surface area contributed by atoms with Gasteiger partial charge in [-0.05, 0) is 152 Å². The van der Waals surface area contributed by atoms with E-state index >= 15 is 0 Å². The molecule has 1 aliphatic heterocycles. The molecule has 3 aromatic carbocycles. The van der Waals surface area contributed by atoms with Crippen molar-refractivity contribution in [2.24, 2.45) is 46.3 Å². The van der Waals surface area contributed by atoms with Crippen molar-refractivity contribution in [1.29, 1.82) is 0 Å². The molecule has 3 unspecified atom stereocenters. The first-order valence-electron chi connectivity index (χ1n) is 30.5. The van der Waals surface area contributed by atoms with Crippen molar-refractivity contribution in [3.05, 3.63) is 107 Å². The molecule has 13 heteroatoms. The number of hydrogen-bond donors (Lipinski definition) is 2. The molecular weight excluding hydrogens is 1040 g/mol. The van der Waals surface area contributed by atoms with Crippen LogP contribution in [0, 0.1) is 46.3 Å². The van der Waals surface area contributed by atoms with Crippen LogP contribution in [0.25, 0.3) is 0 Å². The Morgan fingerprint density at radius 1 is 0.750 bits per heavy atom. The average Bonchev–Trinajstić information content (AvgIpc) is 4.24. The quantitative estimate of drug-likeness (QED) is 0.0238. The van der Waals surface area contributed by atoms with Gasteiger partial charge in [-0.2, -0.15) is 0 Å². The summed E-state index contributed by atoms with van der Waals surface area (Å²) in [6, 6.07) is 25.3. The van der Waals surface area contributed by atoms with Gasteiger partial charge in [-0.15, -0.1) is 0 Å². The number of nitrogens with one attached hydrogen (secondary N) is 2. The van der Waals surface area contributed by atoms with Crippen molar-refractivity contribution in [2.45, 2.75) is 180 Å². The molecule has 8 rings (SSSR count). The fraction of sp³-hybridized carbons (Fsp3) is 0.642. The van der Waals surface area contributed by atoms with E-state index < -0.39 is 23.7 Å². The van der Waals surface area contributed by atoms with Gasteiger partial charge in [-0.25, -0.2) is 0 Å². The highest BCUT2D eigenvalue weighted by Gasteiger charge is 2.59. The third-order valence-corrected chi connectivity index (χ3v) is 22.7. The van der Waals surface area contributed by atoms with Crippen molar-refractivity contribution < 1.29 is 38.1 Å². The maximum atomic E-state index is 14.2. The number of unbranched alkanes of at least 4 members (excludes halogenated alkanes) is 2.